The van der Waals surface area contributed by atoms with Gasteiger partial charge in [-0.25, -0.2) is 0 Å². The lowest BCUT2D eigenvalue weighted by atomic mass is 11.0. The zero-order chi connectivity index (χ0) is 5.21. The molecule has 0 aliphatic rings. The summed E-state index contributed by atoms with van der Waals surface area (Å²) in [6, 6.07) is 1.30. The molecule has 0 aromatic rings. The van der Waals surface area contributed by atoms with Gasteiger partial charge in [0.05, 0.1) is 0 Å². The van der Waals surface area contributed by atoms with Crippen molar-refractivity contribution in [3.05, 3.63) is 6.55 Å². The van der Waals surface area contributed by atoms with Crippen LogP contribution in [0, 0.1) is 6.55 Å². The fraction of sp³-hybridized carbons (Fsp3) is 0.800. The van der Waals surface area contributed by atoms with Crippen molar-refractivity contribution in [1.82, 2.24) is 0 Å². The van der Waals surface area contributed by atoms with Crippen LogP contribution in [0.2, 0.25) is 19.1 Å². The molecule has 1 heteroatoms. The Bertz CT molecular complexity index is 33.7. The molecule has 0 nitrogen and oxygen atoms in total. The smallest absolute Gasteiger partial charge is 0.0468 e. The molecular weight excluding hydrogens is 88.1 g/mol. The summed E-state index contributed by atoms with van der Waals surface area (Å²) >= 11 is 0. The van der Waals surface area contributed by atoms with Gasteiger partial charge in [0.15, 0.2) is 0 Å². The molecule has 0 heterocycles. The Kier molecular flexibility index (Phi) is 1.85. The lowest BCUT2D eigenvalue weighted by Gasteiger charge is -2.09. The first kappa shape index (κ1) is 6.22. The van der Waals surface area contributed by atoms with Crippen molar-refractivity contribution in [2.24, 2.45) is 0 Å². The number of rotatable bonds is 1. The van der Waals surface area contributed by atoms with Gasteiger partial charge in [-0.2, -0.15) is 0 Å². The van der Waals surface area contributed by atoms with Crippen LogP contribution in [-0.4, -0.2) is 8.07 Å². The third-order valence-corrected chi connectivity index (χ3v) is 2.87. The highest BCUT2D eigenvalue weighted by molar-refractivity contribution is 6.79. The summed E-state index contributed by atoms with van der Waals surface area (Å²) in [4.78, 5) is 0. The third kappa shape index (κ3) is 4.22. The SMILES string of the molecule is [CH2][Si](C)(C)CC. The van der Waals surface area contributed by atoms with E-state index in [2.05, 4.69) is 26.6 Å². The molecule has 0 saturated carbocycles. The average Bonchev–Trinajstić information content (AvgIpc) is 1.35. The topological polar surface area (TPSA) is 0 Å². The molecule has 0 amide bonds. The highest BCUT2D eigenvalue weighted by Crippen LogP contribution is 2.03. The Morgan fingerprint density at radius 3 is 1.67 bits per heavy atom. The molecule has 0 spiro atoms. The monoisotopic (exact) mass is 101 g/mol. The predicted octanol–water partition coefficient (Wildman–Crippen LogP) is 2.09. The van der Waals surface area contributed by atoms with Crippen molar-refractivity contribution in [3.8, 4) is 0 Å². The van der Waals surface area contributed by atoms with Gasteiger partial charge in [-0.3, -0.25) is 0 Å². The van der Waals surface area contributed by atoms with Gasteiger partial charge in [-0.1, -0.05) is 32.6 Å². The number of hydrogen-bond acceptors (Lipinski definition) is 0. The van der Waals surface area contributed by atoms with E-state index in [-0.39, 0.29) is 0 Å². The highest BCUT2D eigenvalue weighted by Gasteiger charge is 2.06. The van der Waals surface area contributed by atoms with Gasteiger partial charge in [0.2, 0.25) is 0 Å². The quantitative estimate of drug-likeness (QED) is 0.444. The lowest BCUT2D eigenvalue weighted by Crippen LogP contribution is -2.17. The van der Waals surface area contributed by atoms with Crippen LogP contribution >= 0.6 is 0 Å². The molecule has 0 aliphatic carbocycles. The van der Waals surface area contributed by atoms with E-state index in [1.807, 2.05) is 0 Å². The first-order chi connectivity index (χ1) is 2.56. The summed E-state index contributed by atoms with van der Waals surface area (Å²) in [5.41, 5.74) is 0. The van der Waals surface area contributed by atoms with Crippen molar-refractivity contribution in [2.75, 3.05) is 0 Å². The van der Waals surface area contributed by atoms with Crippen LogP contribution in [0.4, 0.5) is 0 Å². The Morgan fingerprint density at radius 2 is 1.67 bits per heavy atom. The van der Waals surface area contributed by atoms with Crippen LogP contribution in [-0.2, 0) is 0 Å². The van der Waals surface area contributed by atoms with Gasteiger partial charge in [-0.05, 0) is 0 Å². The Balaban J connectivity index is 3.17. The van der Waals surface area contributed by atoms with E-state index >= 15 is 0 Å². The van der Waals surface area contributed by atoms with Gasteiger partial charge in [0.1, 0.15) is 0 Å². The van der Waals surface area contributed by atoms with Crippen molar-refractivity contribution in [1.29, 1.82) is 0 Å². The maximum atomic E-state index is 4.03. The second-order valence-electron chi connectivity index (χ2n) is 2.52. The van der Waals surface area contributed by atoms with Gasteiger partial charge in [-0.15, -0.1) is 0 Å². The minimum absolute atomic E-state index is 0.881. The second-order valence-corrected chi connectivity index (χ2v) is 7.55. The van der Waals surface area contributed by atoms with Gasteiger partial charge in [0.25, 0.3) is 0 Å². The maximum absolute atomic E-state index is 4.03. The molecule has 0 aromatic carbocycles. The molecule has 0 rings (SSSR count). The molecule has 0 fully saturated rings. The van der Waals surface area contributed by atoms with Crippen LogP contribution in [0.25, 0.3) is 0 Å². The third-order valence-electron chi connectivity index (χ3n) is 0.957. The Labute approximate surface area is 41.6 Å². The summed E-state index contributed by atoms with van der Waals surface area (Å²) in [7, 11) is -0.881. The Hall–Kier alpha value is 0.217. The van der Waals surface area contributed by atoms with Crippen LogP contribution in [0.5, 0.6) is 0 Å². The summed E-state index contributed by atoms with van der Waals surface area (Å²) < 4.78 is 0. The van der Waals surface area contributed by atoms with E-state index in [4.69, 9.17) is 0 Å². The molecule has 6 heavy (non-hydrogen) atoms. The van der Waals surface area contributed by atoms with E-state index in [1.165, 1.54) is 6.04 Å². The van der Waals surface area contributed by atoms with E-state index in [0.29, 0.717) is 0 Å². The van der Waals surface area contributed by atoms with Crippen molar-refractivity contribution in [3.63, 3.8) is 0 Å². The van der Waals surface area contributed by atoms with Crippen LogP contribution in [0.3, 0.4) is 0 Å². The first-order valence-corrected chi connectivity index (χ1v) is 5.83. The van der Waals surface area contributed by atoms with Gasteiger partial charge >= 0.3 is 0 Å². The van der Waals surface area contributed by atoms with Gasteiger partial charge < -0.3 is 0 Å². The normalized spacial score (nSPS) is 12.0. The largest absolute Gasteiger partial charge is 0.0694 e. The Morgan fingerprint density at radius 1 is 1.50 bits per heavy atom. The predicted molar refractivity (Wildman–Crippen MR) is 33.3 cm³/mol. The molecule has 0 bridgehead atoms. The van der Waals surface area contributed by atoms with Crippen LogP contribution in [0.1, 0.15) is 6.92 Å². The van der Waals surface area contributed by atoms with E-state index in [9.17, 15) is 0 Å². The minimum atomic E-state index is -0.881. The van der Waals surface area contributed by atoms with Crippen molar-refractivity contribution >= 4 is 8.07 Å². The molecule has 0 aromatic heterocycles. The van der Waals surface area contributed by atoms with Crippen LogP contribution in [0.15, 0.2) is 0 Å². The fourth-order valence-corrected chi connectivity index (χ4v) is 0. The molecule has 0 saturated heterocycles. The molecular formula is C5H13Si. The molecule has 0 N–H and O–H groups in total. The van der Waals surface area contributed by atoms with E-state index < -0.39 is 8.07 Å². The van der Waals surface area contributed by atoms with Crippen molar-refractivity contribution < 1.29 is 0 Å². The summed E-state index contributed by atoms with van der Waals surface area (Å²) in [6.45, 7) is 10.8. The number of hydrogen-bond donors (Lipinski definition) is 0. The summed E-state index contributed by atoms with van der Waals surface area (Å²) in [6.07, 6.45) is 0. The first-order valence-electron chi connectivity index (χ1n) is 2.41. The van der Waals surface area contributed by atoms with Gasteiger partial charge in [0, 0.05) is 8.07 Å². The summed E-state index contributed by atoms with van der Waals surface area (Å²) in [5, 5.41) is 0. The maximum Gasteiger partial charge on any atom is 0.0468 e. The summed E-state index contributed by atoms with van der Waals surface area (Å²) in [5.74, 6) is 0. The molecule has 1 radical (unpaired) electrons. The average molecular weight is 101 g/mol. The standard InChI is InChI=1S/C5H13Si/c1-5-6(2,3)4/h2,5H2,1,3-4H3. The van der Waals surface area contributed by atoms with E-state index in [1.54, 1.807) is 0 Å². The van der Waals surface area contributed by atoms with E-state index in [0.717, 1.165) is 0 Å². The van der Waals surface area contributed by atoms with Crippen molar-refractivity contribution in [2.45, 2.75) is 26.1 Å². The zero-order valence-corrected chi connectivity index (χ0v) is 5.91. The molecule has 0 aliphatic heterocycles. The fourth-order valence-electron chi connectivity index (χ4n) is 0. The lowest BCUT2D eigenvalue weighted by molar-refractivity contribution is 1.38. The minimum Gasteiger partial charge on any atom is -0.0694 e. The highest BCUT2D eigenvalue weighted by atomic mass is 28.3. The molecule has 0 unspecified atom stereocenters. The second kappa shape index (κ2) is 1.78. The zero-order valence-electron chi connectivity index (χ0n) is 4.91. The molecule has 37 valence electrons. The van der Waals surface area contributed by atoms with Crippen LogP contribution < -0.4 is 0 Å². The molecule has 0 atom stereocenters.